The van der Waals surface area contributed by atoms with Gasteiger partial charge in [0.2, 0.25) is 0 Å². The van der Waals surface area contributed by atoms with E-state index in [9.17, 15) is 4.39 Å². The first kappa shape index (κ1) is 12.0. The van der Waals surface area contributed by atoms with Gasteiger partial charge in [0, 0.05) is 13.6 Å². The molecule has 2 rings (SSSR count). The maximum absolute atomic E-state index is 13.2. The second-order valence-corrected chi connectivity index (χ2v) is 4.05. The van der Waals surface area contributed by atoms with Crippen molar-refractivity contribution in [3.05, 3.63) is 46.8 Å². The smallest absolute Gasteiger partial charge is 0.146 e. The zero-order valence-electron chi connectivity index (χ0n) is 9.32. The minimum absolute atomic E-state index is 0.165. The van der Waals surface area contributed by atoms with Gasteiger partial charge >= 0.3 is 0 Å². The molecule has 0 amide bonds. The molecular weight excluding hydrogens is 243 g/mol. The van der Waals surface area contributed by atoms with Crippen LogP contribution in [0.1, 0.15) is 11.4 Å². The fraction of sp³-hybridized carbons (Fsp3) is 0.273. The number of nitrogens with one attached hydrogen (secondary N) is 1. The molecule has 2 aromatic rings. The number of hydrogen-bond acceptors (Lipinski definition) is 3. The first-order valence-electron chi connectivity index (χ1n) is 5.15. The molecule has 0 unspecified atom stereocenters. The first-order chi connectivity index (χ1) is 8.18. The maximum Gasteiger partial charge on any atom is 0.146 e. The van der Waals surface area contributed by atoms with E-state index in [2.05, 4.69) is 15.5 Å². The fourth-order valence-corrected chi connectivity index (χ4v) is 1.65. The van der Waals surface area contributed by atoms with Crippen molar-refractivity contribution in [3.63, 3.8) is 0 Å². The average molecular weight is 255 g/mol. The van der Waals surface area contributed by atoms with Crippen molar-refractivity contribution < 1.29 is 4.39 Å². The summed E-state index contributed by atoms with van der Waals surface area (Å²) in [5.41, 5.74) is 0.730. The van der Waals surface area contributed by atoms with E-state index in [-0.39, 0.29) is 5.02 Å². The van der Waals surface area contributed by atoms with Crippen LogP contribution in [0.5, 0.6) is 0 Å². The van der Waals surface area contributed by atoms with Crippen LogP contribution in [0.25, 0.3) is 0 Å². The van der Waals surface area contributed by atoms with Crippen LogP contribution in [0.2, 0.25) is 5.02 Å². The summed E-state index contributed by atoms with van der Waals surface area (Å²) in [5.74, 6) is 0.419. The van der Waals surface area contributed by atoms with Crippen molar-refractivity contribution in [1.29, 1.82) is 0 Å². The molecule has 0 radical (unpaired) electrons. The molecule has 1 aromatic carbocycles. The molecule has 0 saturated heterocycles. The van der Waals surface area contributed by atoms with Gasteiger partial charge in [-0.25, -0.2) is 4.39 Å². The molecular formula is C11H12ClFN4. The Labute approximate surface area is 103 Å². The van der Waals surface area contributed by atoms with Crippen LogP contribution < -0.4 is 5.32 Å². The van der Waals surface area contributed by atoms with Gasteiger partial charge in [0.05, 0.1) is 11.6 Å². The van der Waals surface area contributed by atoms with Gasteiger partial charge in [-0.2, -0.15) is 0 Å². The number of halogens is 2. The molecule has 6 heteroatoms. The summed E-state index contributed by atoms with van der Waals surface area (Å²) in [6.07, 6.45) is 1.63. The van der Waals surface area contributed by atoms with Crippen molar-refractivity contribution in [2.24, 2.45) is 7.05 Å². The molecule has 17 heavy (non-hydrogen) atoms. The van der Waals surface area contributed by atoms with E-state index in [0.717, 1.165) is 11.4 Å². The molecule has 1 aromatic heterocycles. The predicted molar refractivity (Wildman–Crippen MR) is 63.0 cm³/mol. The standard InChI is InChI=1S/C11H12ClFN4/c1-17-7-15-16-10(17)6-14-5-8-3-2-4-9(13)11(8)12/h2-4,7,14H,5-6H2,1H3. The molecule has 0 saturated carbocycles. The van der Waals surface area contributed by atoms with Crippen molar-refractivity contribution >= 4 is 11.6 Å². The first-order valence-corrected chi connectivity index (χ1v) is 5.52. The highest BCUT2D eigenvalue weighted by Gasteiger charge is 2.05. The summed E-state index contributed by atoms with van der Waals surface area (Å²) in [6.45, 7) is 1.05. The van der Waals surface area contributed by atoms with Crippen LogP contribution in [0.3, 0.4) is 0 Å². The van der Waals surface area contributed by atoms with E-state index in [0.29, 0.717) is 13.1 Å². The Kier molecular flexibility index (Phi) is 3.71. The number of hydrogen-bond donors (Lipinski definition) is 1. The Balaban J connectivity index is 1.95. The molecule has 90 valence electrons. The Hall–Kier alpha value is -1.46. The highest BCUT2D eigenvalue weighted by molar-refractivity contribution is 6.31. The molecule has 1 N–H and O–H groups in total. The predicted octanol–water partition coefficient (Wildman–Crippen LogP) is 1.90. The summed E-state index contributed by atoms with van der Waals surface area (Å²) in [6, 6.07) is 4.77. The van der Waals surface area contributed by atoms with Crippen molar-refractivity contribution in [2.75, 3.05) is 0 Å². The fourth-order valence-electron chi connectivity index (χ4n) is 1.46. The molecule has 0 aliphatic carbocycles. The summed E-state index contributed by atoms with van der Waals surface area (Å²) in [4.78, 5) is 0. The van der Waals surface area contributed by atoms with Crippen LogP contribution in [-0.4, -0.2) is 14.8 Å². The summed E-state index contributed by atoms with van der Waals surface area (Å²) in [7, 11) is 1.87. The van der Waals surface area contributed by atoms with Gasteiger partial charge in [0.25, 0.3) is 0 Å². The van der Waals surface area contributed by atoms with E-state index in [4.69, 9.17) is 11.6 Å². The molecule has 0 atom stereocenters. The molecule has 4 nitrogen and oxygen atoms in total. The van der Waals surface area contributed by atoms with E-state index >= 15 is 0 Å². The van der Waals surface area contributed by atoms with Crippen LogP contribution in [-0.2, 0) is 20.1 Å². The zero-order chi connectivity index (χ0) is 12.3. The SMILES string of the molecule is Cn1cnnc1CNCc1cccc(F)c1Cl. The normalized spacial score (nSPS) is 10.8. The lowest BCUT2D eigenvalue weighted by Crippen LogP contribution is -2.16. The minimum Gasteiger partial charge on any atom is -0.320 e. The Morgan fingerprint density at radius 1 is 1.41 bits per heavy atom. The third kappa shape index (κ3) is 2.81. The molecule has 1 heterocycles. The Morgan fingerprint density at radius 2 is 2.24 bits per heavy atom. The van der Waals surface area contributed by atoms with E-state index in [1.807, 2.05) is 11.6 Å². The molecule has 0 fully saturated rings. The van der Waals surface area contributed by atoms with Crippen LogP contribution in [0, 0.1) is 5.82 Å². The van der Waals surface area contributed by atoms with Crippen LogP contribution >= 0.6 is 11.6 Å². The van der Waals surface area contributed by atoms with Gasteiger partial charge in [-0.15, -0.1) is 10.2 Å². The lowest BCUT2D eigenvalue weighted by Gasteiger charge is -2.06. The number of nitrogens with zero attached hydrogens (tertiary/aromatic N) is 3. The summed E-state index contributed by atoms with van der Waals surface area (Å²) < 4.78 is 15.0. The van der Waals surface area contributed by atoms with Crippen molar-refractivity contribution in [2.45, 2.75) is 13.1 Å². The van der Waals surface area contributed by atoms with E-state index in [1.54, 1.807) is 18.5 Å². The van der Waals surface area contributed by atoms with Crippen molar-refractivity contribution in [1.82, 2.24) is 20.1 Å². The highest BCUT2D eigenvalue weighted by Crippen LogP contribution is 2.19. The van der Waals surface area contributed by atoms with Crippen LogP contribution in [0.15, 0.2) is 24.5 Å². The van der Waals surface area contributed by atoms with E-state index in [1.165, 1.54) is 6.07 Å². The minimum atomic E-state index is -0.398. The number of aryl methyl sites for hydroxylation is 1. The average Bonchev–Trinajstić information content (AvgIpc) is 2.71. The maximum atomic E-state index is 13.2. The quantitative estimate of drug-likeness (QED) is 0.906. The van der Waals surface area contributed by atoms with Crippen molar-refractivity contribution in [3.8, 4) is 0 Å². The van der Waals surface area contributed by atoms with Gasteiger partial charge in [0.15, 0.2) is 0 Å². The Bertz CT molecular complexity index is 512. The second-order valence-electron chi connectivity index (χ2n) is 3.67. The molecule has 0 bridgehead atoms. The third-order valence-electron chi connectivity index (χ3n) is 2.44. The largest absolute Gasteiger partial charge is 0.320 e. The second kappa shape index (κ2) is 5.25. The Morgan fingerprint density at radius 3 is 2.94 bits per heavy atom. The number of benzene rings is 1. The number of rotatable bonds is 4. The lowest BCUT2D eigenvalue weighted by molar-refractivity contribution is 0.613. The summed E-state index contributed by atoms with van der Waals surface area (Å²) in [5, 5.41) is 11.0. The molecule has 0 aliphatic heterocycles. The van der Waals surface area contributed by atoms with Crippen LogP contribution in [0.4, 0.5) is 4.39 Å². The number of aromatic nitrogens is 3. The highest BCUT2D eigenvalue weighted by atomic mass is 35.5. The lowest BCUT2D eigenvalue weighted by atomic mass is 10.2. The molecule has 0 spiro atoms. The monoisotopic (exact) mass is 254 g/mol. The van der Waals surface area contributed by atoms with Gasteiger partial charge in [-0.1, -0.05) is 23.7 Å². The molecule has 0 aliphatic rings. The van der Waals surface area contributed by atoms with Gasteiger partial charge in [0.1, 0.15) is 18.0 Å². The van der Waals surface area contributed by atoms with Gasteiger partial charge in [-0.3, -0.25) is 0 Å². The van der Waals surface area contributed by atoms with Gasteiger partial charge < -0.3 is 9.88 Å². The van der Waals surface area contributed by atoms with E-state index < -0.39 is 5.82 Å². The topological polar surface area (TPSA) is 42.7 Å². The third-order valence-corrected chi connectivity index (χ3v) is 2.86. The van der Waals surface area contributed by atoms with Gasteiger partial charge in [-0.05, 0) is 11.6 Å². The summed E-state index contributed by atoms with van der Waals surface area (Å²) >= 11 is 5.84. The zero-order valence-corrected chi connectivity index (χ0v) is 10.1.